The zero-order valence-corrected chi connectivity index (χ0v) is 11.3. The summed E-state index contributed by atoms with van der Waals surface area (Å²) in [6.45, 7) is 5.31. The van der Waals surface area contributed by atoms with Gasteiger partial charge in [-0.2, -0.15) is 0 Å². The maximum atomic E-state index is 10.7. The van der Waals surface area contributed by atoms with Crippen LogP contribution in [0.1, 0.15) is 50.3 Å². The summed E-state index contributed by atoms with van der Waals surface area (Å²) in [4.78, 5) is 0. The number of aliphatic hydroxyl groups is 1. The third-order valence-corrected chi connectivity index (χ3v) is 4.78. The largest absolute Gasteiger partial charge is 0.493 e. The first-order chi connectivity index (χ1) is 8.59. The van der Waals surface area contributed by atoms with E-state index in [1.807, 2.05) is 12.1 Å². The fraction of sp³-hybridized carbons (Fsp3) is 0.625. The summed E-state index contributed by atoms with van der Waals surface area (Å²) in [7, 11) is 0. The van der Waals surface area contributed by atoms with E-state index < -0.39 is 0 Å². The molecule has 0 amide bonds. The molecule has 0 aromatic heterocycles. The molecule has 2 unspecified atom stereocenters. The molecule has 2 heteroatoms. The minimum Gasteiger partial charge on any atom is -0.493 e. The van der Waals surface area contributed by atoms with Crippen LogP contribution in [0.15, 0.2) is 18.2 Å². The van der Waals surface area contributed by atoms with E-state index in [1.165, 1.54) is 18.4 Å². The zero-order chi connectivity index (χ0) is 12.8. The highest BCUT2D eigenvalue weighted by Crippen LogP contribution is 2.50. The lowest BCUT2D eigenvalue weighted by molar-refractivity contribution is 0.0513. The van der Waals surface area contributed by atoms with E-state index in [1.54, 1.807) is 0 Å². The van der Waals surface area contributed by atoms with Crippen LogP contribution in [0.5, 0.6) is 5.75 Å². The van der Waals surface area contributed by atoms with Crippen molar-refractivity contribution in [2.45, 2.75) is 45.6 Å². The molecule has 0 radical (unpaired) electrons. The summed E-state index contributed by atoms with van der Waals surface area (Å²) in [5.41, 5.74) is 2.49. The molecule has 18 heavy (non-hydrogen) atoms. The van der Waals surface area contributed by atoms with Gasteiger partial charge in [-0.15, -0.1) is 0 Å². The summed E-state index contributed by atoms with van der Waals surface area (Å²) in [6, 6.07) is 6.19. The summed E-state index contributed by atoms with van der Waals surface area (Å²) in [6.07, 6.45) is 4.16. The van der Waals surface area contributed by atoms with E-state index in [0.717, 1.165) is 30.8 Å². The van der Waals surface area contributed by atoms with Gasteiger partial charge in [-0.1, -0.05) is 38.5 Å². The van der Waals surface area contributed by atoms with Gasteiger partial charge < -0.3 is 9.84 Å². The molecule has 1 saturated carbocycles. The maximum absolute atomic E-state index is 10.7. The summed E-state index contributed by atoms with van der Waals surface area (Å²) in [5, 5.41) is 10.7. The van der Waals surface area contributed by atoms with Crippen molar-refractivity contribution in [3.63, 3.8) is 0 Å². The minimum absolute atomic E-state index is 0.237. The van der Waals surface area contributed by atoms with Gasteiger partial charge in [-0.3, -0.25) is 0 Å². The molecule has 2 nitrogen and oxygen atoms in total. The van der Waals surface area contributed by atoms with Crippen molar-refractivity contribution in [2.24, 2.45) is 11.3 Å². The molecule has 1 fully saturated rings. The van der Waals surface area contributed by atoms with Gasteiger partial charge >= 0.3 is 0 Å². The Balaban J connectivity index is 1.93. The molecule has 1 N–H and O–H groups in total. The predicted octanol–water partition coefficient (Wildman–Crippen LogP) is 3.48. The van der Waals surface area contributed by atoms with Crippen LogP contribution in [0, 0.1) is 11.3 Å². The Morgan fingerprint density at radius 3 is 2.94 bits per heavy atom. The van der Waals surface area contributed by atoms with Crippen molar-refractivity contribution in [1.82, 2.24) is 0 Å². The van der Waals surface area contributed by atoms with E-state index in [4.69, 9.17) is 4.74 Å². The second kappa shape index (κ2) is 4.27. The van der Waals surface area contributed by atoms with Gasteiger partial charge in [0, 0.05) is 12.0 Å². The van der Waals surface area contributed by atoms with Gasteiger partial charge in [0.2, 0.25) is 0 Å². The standard InChI is InChI=1S/C16H22O2/c1-16(2)9-4-7-13(16)14(17)12-6-3-5-11-8-10-18-15(11)12/h3,5-6,13-14,17H,4,7-10H2,1-2H3. The quantitative estimate of drug-likeness (QED) is 0.865. The number of hydrogen-bond acceptors (Lipinski definition) is 2. The van der Waals surface area contributed by atoms with Crippen LogP contribution < -0.4 is 4.74 Å². The predicted molar refractivity (Wildman–Crippen MR) is 71.7 cm³/mol. The highest BCUT2D eigenvalue weighted by Gasteiger charge is 2.40. The lowest BCUT2D eigenvalue weighted by Crippen LogP contribution is -2.24. The van der Waals surface area contributed by atoms with Gasteiger partial charge in [0.1, 0.15) is 5.75 Å². The van der Waals surface area contributed by atoms with E-state index in [9.17, 15) is 5.11 Å². The molecular weight excluding hydrogens is 224 g/mol. The average Bonchev–Trinajstić information content (AvgIpc) is 2.93. The lowest BCUT2D eigenvalue weighted by Gasteiger charge is -2.31. The molecule has 1 aliphatic heterocycles. The van der Waals surface area contributed by atoms with Crippen LogP contribution >= 0.6 is 0 Å². The fourth-order valence-corrected chi connectivity index (χ4v) is 3.63. The fourth-order valence-electron chi connectivity index (χ4n) is 3.63. The number of para-hydroxylation sites is 1. The molecule has 3 rings (SSSR count). The Bertz CT molecular complexity index is 450. The highest BCUT2D eigenvalue weighted by molar-refractivity contribution is 5.45. The van der Waals surface area contributed by atoms with Gasteiger partial charge in [-0.25, -0.2) is 0 Å². The van der Waals surface area contributed by atoms with Crippen LogP contribution in [0.4, 0.5) is 0 Å². The van der Waals surface area contributed by atoms with Crippen molar-refractivity contribution in [2.75, 3.05) is 6.61 Å². The first kappa shape index (κ1) is 12.0. The second-order valence-electron chi connectivity index (χ2n) is 6.37. The van der Waals surface area contributed by atoms with Crippen LogP contribution in [0.25, 0.3) is 0 Å². The highest BCUT2D eigenvalue weighted by atomic mass is 16.5. The molecule has 0 bridgehead atoms. The molecule has 1 aromatic carbocycles. The van der Waals surface area contributed by atoms with Crippen molar-refractivity contribution >= 4 is 0 Å². The number of ether oxygens (including phenoxy) is 1. The Hall–Kier alpha value is -1.02. The van der Waals surface area contributed by atoms with Gasteiger partial charge in [-0.05, 0) is 29.7 Å². The van der Waals surface area contributed by atoms with Gasteiger partial charge in [0.05, 0.1) is 12.7 Å². The number of hydrogen-bond donors (Lipinski definition) is 1. The van der Waals surface area contributed by atoms with Crippen LogP contribution in [-0.4, -0.2) is 11.7 Å². The lowest BCUT2D eigenvalue weighted by atomic mass is 9.76. The van der Waals surface area contributed by atoms with Crippen molar-refractivity contribution in [1.29, 1.82) is 0 Å². The van der Waals surface area contributed by atoms with Crippen LogP contribution in [-0.2, 0) is 6.42 Å². The monoisotopic (exact) mass is 246 g/mol. The van der Waals surface area contributed by atoms with Gasteiger partial charge in [0.25, 0.3) is 0 Å². The van der Waals surface area contributed by atoms with Crippen molar-refractivity contribution in [3.8, 4) is 5.75 Å². The van der Waals surface area contributed by atoms with Crippen molar-refractivity contribution < 1.29 is 9.84 Å². The Morgan fingerprint density at radius 2 is 2.22 bits per heavy atom. The summed E-state index contributed by atoms with van der Waals surface area (Å²) in [5.74, 6) is 1.31. The average molecular weight is 246 g/mol. The molecule has 1 aliphatic carbocycles. The van der Waals surface area contributed by atoms with Crippen LogP contribution in [0.3, 0.4) is 0 Å². The molecule has 0 saturated heterocycles. The van der Waals surface area contributed by atoms with E-state index in [0.29, 0.717) is 5.92 Å². The van der Waals surface area contributed by atoms with E-state index in [2.05, 4.69) is 19.9 Å². The SMILES string of the molecule is CC1(C)CCCC1C(O)c1cccc2c1OCC2. The molecule has 1 aromatic rings. The Kier molecular flexibility index (Phi) is 2.86. The number of benzene rings is 1. The molecule has 0 spiro atoms. The molecule has 1 heterocycles. The zero-order valence-electron chi connectivity index (χ0n) is 11.3. The normalized spacial score (nSPS) is 26.7. The maximum Gasteiger partial charge on any atom is 0.128 e. The van der Waals surface area contributed by atoms with Crippen molar-refractivity contribution in [3.05, 3.63) is 29.3 Å². The molecule has 2 aliphatic rings. The minimum atomic E-state index is -0.379. The van der Waals surface area contributed by atoms with E-state index in [-0.39, 0.29) is 11.5 Å². The number of rotatable bonds is 2. The number of fused-ring (bicyclic) bond motifs is 1. The third kappa shape index (κ3) is 1.83. The Labute approximate surface area is 109 Å². The summed E-state index contributed by atoms with van der Waals surface area (Å²) < 4.78 is 5.72. The van der Waals surface area contributed by atoms with E-state index >= 15 is 0 Å². The van der Waals surface area contributed by atoms with Crippen LogP contribution in [0.2, 0.25) is 0 Å². The Morgan fingerprint density at radius 1 is 1.39 bits per heavy atom. The number of aliphatic hydroxyl groups excluding tert-OH is 1. The first-order valence-electron chi connectivity index (χ1n) is 7.02. The topological polar surface area (TPSA) is 29.5 Å². The molecule has 98 valence electrons. The second-order valence-corrected chi connectivity index (χ2v) is 6.37. The van der Waals surface area contributed by atoms with Gasteiger partial charge in [0.15, 0.2) is 0 Å². The molecular formula is C16H22O2. The first-order valence-corrected chi connectivity index (χ1v) is 7.02. The summed E-state index contributed by atoms with van der Waals surface area (Å²) >= 11 is 0. The third-order valence-electron chi connectivity index (χ3n) is 4.78. The smallest absolute Gasteiger partial charge is 0.128 e. The molecule has 2 atom stereocenters.